The van der Waals surface area contributed by atoms with Crippen LogP contribution in [-0.2, 0) is 9.59 Å². The number of hydrogen-bond acceptors (Lipinski definition) is 4. The quantitative estimate of drug-likeness (QED) is 0.834. The van der Waals surface area contributed by atoms with Gasteiger partial charge in [0.15, 0.2) is 11.5 Å². The lowest BCUT2D eigenvalue weighted by molar-refractivity contribution is -0.132. The summed E-state index contributed by atoms with van der Waals surface area (Å²) >= 11 is 0. The van der Waals surface area contributed by atoms with Gasteiger partial charge in [-0.2, -0.15) is 0 Å². The molecule has 6 nitrogen and oxygen atoms in total. The predicted octanol–water partition coefficient (Wildman–Crippen LogP) is 1.34. The first-order chi connectivity index (χ1) is 10.6. The molecule has 2 fully saturated rings. The van der Waals surface area contributed by atoms with Crippen LogP contribution in [0.15, 0.2) is 18.2 Å². The summed E-state index contributed by atoms with van der Waals surface area (Å²) in [5.74, 6) is 0.314. The summed E-state index contributed by atoms with van der Waals surface area (Å²) in [6.45, 7) is 0.539. The summed E-state index contributed by atoms with van der Waals surface area (Å²) < 4.78 is 10.5. The first-order valence-electron chi connectivity index (χ1n) is 7.48. The van der Waals surface area contributed by atoms with Gasteiger partial charge in [-0.05, 0) is 31.4 Å². The Kier molecular flexibility index (Phi) is 3.92. The fourth-order valence-corrected chi connectivity index (χ4v) is 2.70. The first kappa shape index (κ1) is 14.7. The SMILES string of the molecule is COc1ccc(N2CCC(C(=O)NC3CC3)C2=O)cc1OC. The van der Waals surface area contributed by atoms with E-state index in [1.54, 1.807) is 37.3 Å². The molecule has 0 bridgehead atoms. The Bertz CT molecular complexity index is 598. The fraction of sp³-hybridized carbons (Fsp3) is 0.500. The summed E-state index contributed by atoms with van der Waals surface area (Å²) in [6.07, 6.45) is 2.59. The lowest BCUT2D eigenvalue weighted by Gasteiger charge is -2.18. The van der Waals surface area contributed by atoms with Crippen molar-refractivity contribution in [1.82, 2.24) is 5.32 Å². The van der Waals surface area contributed by atoms with Gasteiger partial charge >= 0.3 is 0 Å². The van der Waals surface area contributed by atoms with Crippen LogP contribution in [0.2, 0.25) is 0 Å². The van der Waals surface area contributed by atoms with Crippen molar-refractivity contribution >= 4 is 17.5 Å². The Hall–Kier alpha value is -2.24. The molecule has 0 spiro atoms. The number of carbonyl (C=O) groups excluding carboxylic acids is 2. The van der Waals surface area contributed by atoms with Crippen molar-refractivity contribution < 1.29 is 19.1 Å². The van der Waals surface area contributed by atoms with E-state index in [9.17, 15) is 9.59 Å². The minimum absolute atomic E-state index is 0.143. The number of rotatable bonds is 5. The van der Waals surface area contributed by atoms with Crippen molar-refractivity contribution in [3.63, 3.8) is 0 Å². The number of amides is 2. The van der Waals surface area contributed by atoms with Crippen LogP contribution >= 0.6 is 0 Å². The number of carbonyl (C=O) groups is 2. The summed E-state index contributed by atoms with van der Waals surface area (Å²) in [7, 11) is 3.12. The summed E-state index contributed by atoms with van der Waals surface area (Å²) in [5, 5.41) is 2.91. The molecule has 2 amide bonds. The molecule has 1 saturated heterocycles. The Morgan fingerprint density at radius 1 is 1.18 bits per heavy atom. The van der Waals surface area contributed by atoms with E-state index in [4.69, 9.17) is 9.47 Å². The van der Waals surface area contributed by atoms with Crippen molar-refractivity contribution in [2.75, 3.05) is 25.7 Å². The highest BCUT2D eigenvalue weighted by Crippen LogP contribution is 2.34. The van der Waals surface area contributed by atoms with Crippen molar-refractivity contribution in [2.45, 2.75) is 25.3 Å². The van der Waals surface area contributed by atoms with E-state index in [0.717, 1.165) is 18.5 Å². The second-order valence-electron chi connectivity index (χ2n) is 5.65. The van der Waals surface area contributed by atoms with Gasteiger partial charge in [-0.1, -0.05) is 0 Å². The van der Waals surface area contributed by atoms with E-state index < -0.39 is 5.92 Å². The van der Waals surface area contributed by atoms with Crippen LogP contribution in [0.4, 0.5) is 5.69 Å². The molecule has 1 heterocycles. The maximum atomic E-state index is 12.5. The minimum Gasteiger partial charge on any atom is -0.493 e. The van der Waals surface area contributed by atoms with E-state index in [0.29, 0.717) is 24.5 Å². The van der Waals surface area contributed by atoms with Gasteiger partial charge in [-0.15, -0.1) is 0 Å². The largest absolute Gasteiger partial charge is 0.493 e. The molecule has 1 saturated carbocycles. The number of methoxy groups -OCH3 is 2. The maximum Gasteiger partial charge on any atom is 0.239 e. The molecule has 118 valence electrons. The Labute approximate surface area is 129 Å². The number of hydrogen-bond donors (Lipinski definition) is 1. The van der Waals surface area contributed by atoms with Gasteiger partial charge in [-0.3, -0.25) is 9.59 Å². The molecule has 1 aliphatic carbocycles. The zero-order valence-electron chi connectivity index (χ0n) is 12.8. The second-order valence-corrected chi connectivity index (χ2v) is 5.65. The predicted molar refractivity (Wildman–Crippen MR) is 81.2 cm³/mol. The molecule has 1 aromatic carbocycles. The number of ether oxygens (including phenoxy) is 2. The topological polar surface area (TPSA) is 67.9 Å². The van der Waals surface area contributed by atoms with Gasteiger partial charge < -0.3 is 19.7 Å². The summed E-state index contributed by atoms with van der Waals surface area (Å²) in [5.41, 5.74) is 0.726. The lowest BCUT2D eigenvalue weighted by Crippen LogP contribution is -2.37. The third kappa shape index (κ3) is 2.73. The molecule has 0 radical (unpaired) electrons. The normalized spacial score (nSPS) is 20.9. The van der Waals surface area contributed by atoms with Crippen LogP contribution in [0.25, 0.3) is 0 Å². The van der Waals surface area contributed by atoms with Gasteiger partial charge in [0, 0.05) is 24.3 Å². The van der Waals surface area contributed by atoms with Crippen LogP contribution in [-0.4, -0.2) is 38.6 Å². The van der Waals surface area contributed by atoms with Crippen molar-refractivity contribution in [2.24, 2.45) is 5.92 Å². The van der Waals surface area contributed by atoms with Crippen molar-refractivity contribution in [3.8, 4) is 11.5 Å². The van der Waals surface area contributed by atoms with E-state index in [-0.39, 0.29) is 17.9 Å². The summed E-state index contributed by atoms with van der Waals surface area (Å²) in [6, 6.07) is 5.60. The van der Waals surface area contributed by atoms with Crippen LogP contribution in [0.1, 0.15) is 19.3 Å². The highest BCUT2D eigenvalue weighted by atomic mass is 16.5. The number of benzene rings is 1. The second kappa shape index (κ2) is 5.87. The van der Waals surface area contributed by atoms with Gasteiger partial charge in [0.2, 0.25) is 11.8 Å². The Balaban J connectivity index is 1.75. The molecular weight excluding hydrogens is 284 g/mol. The van der Waals surface area contributed by atoms with Gasteiger partial charge in [0.05, 0.1) is 14.2 Å². The standard InChI is InChI=1S/C16H20N2O4/c1-21-13-6-5-11(9-14(13)22-2)18-8-7-12(16(18)20)15(19)17-10-3-4-10/h5-6,9-10,12H,3-4,7-8H2,1-2H3,(H,17,19). The first-order valence-corrected chi connectivity index (χ1v) is 7.48. The molecule has 1 atom stereocenters. The average molecular weight is 304 g/mol. The highest BCUT2D eigenvalue weighted by molar-refractivity contribution is 6.09. The summed E-state index contributed by atoms with van der Waals surface area (Å²) in [4.78, 5) is 26.2. The maximum absolute atomic E-state index is 12.5. The zero-order chi connectivity index (χ0) is 15.7. The molecule has 22 heavy (non-hydrogen) atoms. The van der Waals surface area contributed by atoms with Crippen LogP contribution < -0.4 is 19.7 Å². The molecule has 1 unspecified atom stereocenters. The molecule has 2 aliphatic rings. The third-order valence-corrected chi connectivity index (χ3v) is 4.12. The Morgan fingerprint density at radius 2 is 1.91 bits per heavy atom. The van der Waals surface area contributed by atoms with Crippen LogP contribution in [0, 0.1) is 5.92 Å². The van der Waals surface area contributed by atoms with E-state index in [2.05, 4.69) is 5.32 Å². The molecular formula is C16H20N2O4. The lowest BCUT2D eigenvalue weighted by atomic mass is 10.1. The van der Waals surface area contributed by atoms with Gasteiger partial charge in [0.1, 0.15) is 5.92 Å². The van der Waals surface area contributed by atoms with E-state index >= 15 is 0 Å². The minimum atomic E-state index is -0.575. The van der Waals surface area contributed by atoms with Crippen LogP contribution in [0.5, 0.6) is 11.5 Å². The monoisotopic (exact) mass is 304 g/mol. The van der Waals surface area contributed by atoms with Gasteiger partial charge in [-0.25, -0.2) is 0 Å². The molecule has 3 rings (SSSR count). The highest BCUT2D eigenvalue weighted by Gasteiger charge is 2.39. The molecule has 1 aliphatic heterocycles. The van der Waals surface area contributed by atoms with Crippen molar-refractivity contribution in [1.29, 1.82) is 0 Å². The third-order valence-electron chi connectivity index (χ3n) is 4.12. The average Bonchev–Trinajstić information content (AvgIpc) is 3.26. The number of nitrogens with one attached hydrogen (secondary N) is 1. The number of anilines is 1. The fourth-order valence-electron chi connectivity index (χ4n) is 2.70. The van der Waals surface area contributed by atoms with E-state index in [1.807, 2.05) is 0 Å². The van der Waals surface area contributed by atoms with Gasteiger partial charge in [0.25, 0.3) is 0 Å². The Morgan fingerprint density at radius 3 is 2.55 bits per heavy atom. The van der Waals surface area contributed by atoms with Crippen LogP contribution in [0.3, 0.4) is 0 Å². The van der Waals surface area contributed by atoms with E-state index in [1.165, 1.54) is 0 Å². The zero-order valence-corrected chi connectivity index (χ0v) is 12.8. The molecule has 0 aromatic heterocycles. The molecule has 1 aromatic rings. The van der Waals surface area contributed by atoms with Crippen molar-refractivity contribution in [3.05, 3.63) is 18.2 Å². The smallest absolute Gasteiger partial charge is 0.239 e. The number of nitrogens with zero attached hydrogens (tertiary/aromatic N) is 1. The molecule has 1 N–H and O–H groups in total. The molecule has 6 heteroatoms.